The number of anilines is 1. The second kappa shape index (κ2) is 5.60. The van der Waals surface area contributed by atoms with Crippen LogP contribution in [0, 0.1) is 11.3 Å². The Hall–Kier alpha value is -2.30. The van der Waals surface area contributed by atoms with Gasteiger partial charge in [0.05, 0.1) is 5.56 Å². The molecule has 2 N–H and O–H groups in total. The first-order chi connectivity index (χ1) is 9.84. The maximum atomic E-state index is 12.8. The summed E-state index contributed by atoms with van der Waals surface area (Å²) in [5.41, 5.74) is 4.20. The molecule has 21 heavy (non-hydrogen) atoms. The average molecular weight is 298 g/mol. The molecule has 1 atom stereocenters. The Morgan fingerprint density at radius 2 is 2.14 bits per heavy atom. The Bertz CT molecular complexity index is 594. The molecule has 0 bridgehead atoms. The van der Waals surface area contributed by atoms with Crippen LogP contribution >= 0.6 is 0 Å². The minimum atomic E-state index is -4.61. The van der Waals surface area contributed by atoms with E-state index in [0.717, 1.165) is 18.6 Å². The van der Waals surface area contributed by atoms with Crippen LogP contribution < -0.4 is 10.6 Å². The number of rotatable bonds is 2. The Kier molecular flexibility index (Phi) is 4.02. The number of carbonyl (C=O) groups excluding carboxylic acids is 1. The normalized spacial score (nSPS) is 19.1. The number of piperidine rings is 1. The third-order valence-electron chi connectivity index (χ3n) is 3.39. The fraction of sp³-hybridized carbons (Fsp3) is 0.462. The molecule has 2 heterocycles. The van der Waals surface area contributed by atoms with E-state index in [0.29, 0.717) is 19.4 Å². The summed E-state index contributed by atoms with van der Waals surface area (Å²) >= 11 is 0. The number of carbonyl (C=O) groups is 1. The van der Waals surface area contributed by atoms with Gasteiger partial charge in [-0.2, -0.15) is 18.4 Å². The lowest BCUT2D eigenvalue weighted by molar-refractivity contribution is -0.141. The molecule has 0 radical (unpaired) electrons. The Balaban J connectivity index is 2.49. The van der Waals surface area contributed by atoms with E-state index in [1.54, 1.807) is 0 Å². The molecule has 1 fully saturated rings. The SMILES string of the molecule is N#Cc1ccc(C(F)(F)F)nc1N1CCCCC1C(N)=O. The number of hydrogen-bond acceptors (Lipinski definition) is 4. The highest BCUT2D eigenvalue weighted by molar-refractivity contribution is 5.84. The summed E-state index contributed by atoms with van der Waals surface area (Å²) in [6.07, 6.45) is -2.71. The van der Waals surface area contributed by atoms with Gasteiger partial charge in [-0.05, 0) is 31.4 Å². The van der Waals surface area contributed by atoms with Crippen molar-refractivity contribution in [3.05, 3.63) is 23.4 Å². The van der Waals surface area contributed by atoms with Crippen molar-refractivity contribution in [2.24, 2.45) is 5.73 Å². The predicted molar refractivity (Wildman–Crippen MR) is 68.1 cm³/mol. The summed E-state index contributed by atoms with van der Waals surface area (Å²) in [6, 6.07) is 2.90. The van der Waals surface area contributed by atoms with Crippen LogP contribution in [0.15, 0.2) is 12.1 Å². The van der Waals surface area contributed by atoms with Gasteiger partial charge in [-0.3, -0.25) is 4.79 Å². The number of alkyl halides is 3. The molecular formula is C13H13F3N4O. The standard InChI is InChI=1S/C13H13F3N4O/c14-13(15,16)10-5-4-8(7-17)12(19-10)20-6-2-1-3-9(20)11(18)21/h4-5,9H,1-3,6H2,(H2,18,21). The number of primary amides is 1. The molecule has 1 aliphatic rings. The molecule has 0 spiro atoms. The second-order valence-corrected chi connectivity index (χ2v) is 4.78. The zero-order valence-corrected chi connectivity index (χ0v) is 11.0. The zero-order chi connectivity index (χ0) is 15.6. The van der Waals surface area contributed by atoms with Crippen LogP contribution in [0.4, 0.5) is 19.0 Å². The summed E-state index contributed by atoms with van der Waals surface area (Å²) in [5, 5.41) is 9.05. The van der Waals surface area contributed by atoms with Gasteiger partial charge in [0.1, 0.15) is 23.6 Å². The number of halogens is 3. The van der Waals surface area contributed by atoms with E-state index < -0.39 is 23.8 Å². The van der Waals surface area contributed by atoms with Gasteiger partial charge in [-0.15, -0.1) is 0 Å². The van der Waals surface area contributed by atoms with Gasteiger partial charge >= 0.3 is 6.18 Å². The predicted octanol–water partition coefficient (Wildman–Crippen LogP) is 1.82. The number of amides is 1. The number of nitriles is 1. The molecule has 112 valence electrons. The maximum absolute atomic E-state index is 12.8. The maximum Gasteiger partial charge on any atom is 0.433 e. The molecule has 5 nitrogen and oxygen atoms in total. The first-order valence-electron chi connectivity index (χ1n) is 6.39. The van der Waals surface area contributed by atoms with Gasteiger partial charge in [-0.25, -0.2) is 4.98 Å². The molecule has 1 aromatic rings. The highest BCUT2D eigenvalue weighted by atomic mass is 19.4. The van der Waals surface area contributed by atoms with Crippen LogP contribution in [0.2, 0.25) is 0 Å². The van der Waals surface area contributed by atoms with E-state index >= 15 is 0 Å². The number of aromatic nitrogens is 1. The van der Waals surface area contributed by atoms with Gasteiger partial charge in [0, 0.05) is 6.54 Å². The van der Waals surface area contributed by atoms with Crippen LogP contribution in [-0.4, -0.2) is 23.5 Å². The van der Waals surface area contributed by atoms with Crippen molar-refractivity contribution in [3.8, 4) is 6.07 Å². The van der Waals surface area contributed by atoms with E-state index in [4.69, 9.17) is 11.0 Å². The number of nitrogens with zero attached hydrogens (tertiary/aromatic N) is 3. The monoisotopic (exact) mass is 298 g/mol. The van der Waals surface area contributed by atoms with Gasteiger partial charge in [-0.1, -0.05) is 0 Å². The summed E-state index contributed by atoms with van der Waals surface area (Å²) in [5.74, 6) is -0.756. The van der Waals surface area contributed by atoms with Crippen molar-refractivity contribution in [3.63, 3.8) is 0 Å². The molecule has 0 saturated carbocycles. The fourth-order valence-corrected chi connectivity index (χ4v) is 2.39. The lowest BCUT2D eigenvalue weighted by Gasteiger charge is -2.35. The van der Waals surface area contributed by atoms with E-state index in [2.05, 4.69) is 4.98 Å². The van der Waals surface area contributed by atoms with Crippen LogP contribution in [0.5, 0.6) is 0 Å². The molecule has 1 aliphatic heterocycles. The molecule has 1 unspecified atom stereocenters. The van der Waals surface area contributed by atoms with Gasteiger partial charge < -0.3 is 10.6 Å². The van der Waals surface area contributed by atoms with Crippen LogP contribution in [-0.2, 0) is 11.0 Å². The smallest absolute Gasteiger partial charge is 0.368 e. The van der Waals surface area contributed by atoms with Crippen molar-refractivity contribution in [2.75, 3.05) is 11.4 Å². The fourth-order valence-electron chi connectivity index (χ4n) is 2.39. The molecule has 1 amide bonds. The van der Waals surface area contributed by atoms with Crippen molar-refractivity contribution in [1.29, 1.82) is 5.26 Å². The van der Waals surface area contributed by atoms with Crippen molar-refractivity contribution in [1.82, 2.24) is 4.98 Å². The third kappa shape index (κ3) is 3.07. The molecule has 1 aromatic heterocycles. The minimum Gasteiger partial charge on any atom is -0.368 e. The Morgan fingerprint density at radius 1 is 1.43 bits per heavy atom. The minimum absolute atomic E-state index is 0.00356. The average Bonchev–Trinajstić information content (AvgIpc) is 2.45. The van der Waals surface area contributed by atoms with E-state index in [-0.39, 0.29) is 11.4 Å². The number of pyridine rings is 1. The topological polar surface area (TPSA) is 83.0 Å². The highest BCUT2D eigenvalue weighted by Crippen LogP contribution is 2.32. The lowest BCUT2D eigenvalue weighted by atomic mass is 10.0. The summed E-state index contributed by atoms with van der Waals surface area (Å²) < 4.78 is 38.3. The third-order valence-corrected chi connectivity index (χ3v) is 3.39. The summed E-state index contributed by atoms with van der Waals surface area (Å²) in [4.78, 5) is 16.4. The number of nitrogens with two attached hydrogens (primary N) is 1. The number of hydrogen-bond donors (Lipinski definition) is 1. The second-order valence-electron chi connectivity index (χ2n) is 4.78. The van der Waals surface area contributed by atoms with Crippen molar-refractivity contribution in [2.45, 2.75) is 31.5 Å². The van der Waals surface area contributed by atoms with E-state index in [9.17, 15) is 18.0 Å². The Labute approximate surface area is 119 Å². The van der Waals surface area contributed by atoms with Crippen LogP contribution in [0.1, 0.15) is 30.5 Å². The Morgan fingerprint density at radius 3 is 2.71 bits per heavy atom. The molecule has 2 rings (SSSR count). The van der Waals surface area contributed by atoms with Crippen molar-refractivity contribution >= 4 is 11.7 Å². The first-order valence-corrected chi connectivity index (χ1v) is 6.39. The molecular weight excluding hydrogens is 285 g/mol. The molecule has 8 heteroatoms. The quantitative estimate of drug-likeness (QED) is 0.902. The lowest BCUT2D eigenvalue weighted by Crippen LogP contribution is -2.48. The van der Waals surface area contributed by atoms with E-state index in [1.807, 2.05) is 6.07 Å². The molecule has 1 saturated heterocycles. The zero-order valence-electron chi connectivity index (χ0n) is 11.0. The van der Waals surface area contributed by atoms with Gasteiger partial charge in [0.15, 0.2) is 0 Å². The van der Waals surface area contributed by atoms with Gasteiger partial charge in [0.2, 0.25) is 5.91 Å². The molecule has 0 aliphatic carbocycles. The van der Waals surface area contributed by atoms with Crippen LogP contribution in [0.3, 0.4) is 0 Å². The van der Waals surface area contributed by atoms with Crippen LogP contribution in [0.25, 0.3) is 0 Å². The first kappa shape index (κ1) is 15.1. The van der Waals surface area contributed by atoms with E-state index in [1.165, 1.54) is 4.90 Å². The summed E-state index contributed by atoms with van der Waals surface area (Å²) in [7, 11) is 0. The van der Waals surface area contributed by atoms with Gasteiger partial charge in [0.25, 0.3) is 0 Å². The largest absolute Gasteiger partial charge is 0.433 e. The van der Waals surface area contributed by atoms with Crippen molar-refractivity contribution < 1.29 is 18.0 Å². The molecule has 0 aromatic carbocycles. The summed E-state index contributed by atoms with van der Waals surface area (Å²) in [6.45, 7) is 0.344. The highest BCUT2D eigenvalue weighted by Gasteiger charge is 2.35.